The number of nitrogens with zero attached hydrogens (tertiary/aromatic N) is 4. The summed E-state index contributed by atoms with van der Waals surface area (Å²) in [5.41, 5.74) is -0.956. The van der Waals surface area contributed by atoms with Crippen molar-refractivity contribution in [1.29, 1.82) is 0 Å². The fraction of sp³-hybridized carbons (Fsp3) is 0.333. The number of ether oxygens (including phenoxy) is 1. The fourth-order valence-electron chi connectivity index (χ4n) is 4.85. The molecule has 1 atom stereocenters. The highest BCUT2D eigenvalue weighted by Crippen LogP contribution is 2.35. The summed E-state index contributed by atoms with van der Waals surface area (Å²) in [4.78, 5) is 47.4. The smallest absolute Gasteiger partial charge is 0.315 e. The van der Waals surface area contributed by atoms with Gasteiger partial charge >= 0.3 is 5.56 Å². The Balaban J connectivity index is 1.33. The number of thioether (sulfide) groups is 1. The Bertz CT molecular complexity index is 1400. The standard InChI is InChI=1S/C27H27ClN4O5S/c28-19-9-4-5-11-21(19)38-17-22(33)31-12-6-10-20(31)25-29-26(35)24(34)23-27(36)30(13-14-32(23)25)15-16-37-18-7-2-1-3-8-18/h1-5,7-9,11,20,34H,6,10,12-17H2. The molecule has 2 amide bonds. The molecule has 0 bridgehead atoms. The zero-order valence-corrected chi connectivity index (χ0v) is 22.2. The van der Waals surface area contributed by atoms with Gasteiger partial charge in [0.2, 0.25) is 11.7 Å². The maximum Gasteiger partial charge on any atom is 0.315 e. The number of carbonyl (C=O) groups is 2. The highest BCUT2D eigenvalue weighted by atomic mass is 35.5. The fourth-order valence-corrected chi connectivity index (χ4v) is 5.98. The quantitative estimate of drug-likeness (QED) is 0.424. The lowest BCUT2D eigenvalue weighted by molar-refractivity contribution is -0.129. The Morgan fingerprint density at radius 1 is 1.08 bits per heavy atom. The van der Waals surface area contributed by atoms with Crippen LogP contribution in [0.1, 0.15) is 35.2 Å². The number of benzene rings is 2. The van der Waals surface area contributed by atoms with Crippen molar-refractivity contribution in [2.45, 2.75) is 30.3 Å². The van der Waals surface area contributed by atoms with Crippen molar-refractivity contribution in [3.63, 3.8) is 0 Å². The van der Waals surface area contributed by atoms with Crippen LogP contribution in [0.3, 0.4) is 0 Å². The van der Waals surface area contributed by atoms with Gasteiger partial charge in [-0.25, -0.2) is 0 Å². The van der Waals surface area contributed by atoms with Gasteiger partial charge in [0.25, 0.3) is 5.91 Å². The van der Waals surface area contributed by atoms with Crippen molar-refractivity contribution in [2.75, 3.05) is 32.0 Å². The van der Waals surface area contributed by atoms with E-state index in [1.807, 2.05) is 48.5 Å². The molecule has 2 aliphatic heterocycles. The molecule has 2 aliphatic rings. The summed E-state index contributed by atoms with van der Waals surface area (Å²) in [6, 6.07) is 16.2. The van der Waals surface area contributed by atoms with E-state index >= 15 is 0 Å². The van der Waals surface area contributed by atoms with Gasteiger partial charge in [-0.1, -0.05) is 41.9 Å². The average Bonchev–Trinajstić information content (AvgIpc) is 3.42. The van der Waals surface area contributed by atoms with E-state index in [1.54, 1.807) is 20.4 Å². The van der Waals surface area contributed by atoms with Gasteiger partial charge in [-0.15, -0.1) is 11.8 Å². The van der Waals surface area contributed by atoms with E-state index in [2.05, 4.69) is 4.98 Å². The topological polar surface area (TPSA) is 105 Å². The molecule has 1 aromatic heterocycles. The van der Waals surface area contributed by atoms with Crippen molar-refractivity contribution >= 4 is 35.2 Å². The number of halogens is 1. The lowest BCUT2D eigenvalue weighted by Gasteiger charge is -2.33. The number of hydrogen-bond acceptors (Lipinski definition) is 7. The second kappa shape index (κ2) is 11.5. The molecule has 5 rings (SSSR count). The number of amides is 2. The number of aromatic nitrogens is 2. The van der Waals surface area contributed by atoms with Crippen LogP contribution in [0.5, 0.6) is 11.5 Å². The molecule has 0 aliphatic carbocycles. The second-order valence-corrected chi connectivity index (χ2v) is 10.5. The van der Waals surface area contributed by atoms with Gasteiger partial charge in [0.15, 0.2) is 5.69 Å². The number of likely N-dealkylation sites (tertiary alicyclic amines) is 1. The molecule has 0 saturated carbocycles. The predicted octanol–water partition coefficient (Wildman–Crippen LogP) is 3.59. The van der Waals surface area contributed by atoms with Crippen LogP contribution in [-0.2, 0) is 11.3 Å². The molecule has 0 radical (unpaired) electrons. The predicted molar refractivity (Wildman–Crippen MR) is 144 cm³/mol. The van der Waals surface area contributed by atoms with E-state index in [0.29, 0.717) is 49.2 Å². The summed E-state index contributed by atoms with van der Waals surface area (Å²) < 4.78 is 7.32. The number of rotatable bonds is 8. The highest BCUT2D eigenvalue weighted by Gasteiger charge is 2.37. The molecule has 11 heteroatoms. The number of hydrogen-bond donors (Lipinski definition) is 1. The van der Waals surface area contributed by atoms with Crippen LogP contribution in [0.25, 0.3) is 0 Å². The monoisotopic (exact) mass is 554 g/mol. The third kappa shape index (κ3) is 5.37. The van der Waals surface area contributed by atoms with Crippen LogP contribution in [0.15, 0.2) is 64.3 Å². The van der Waals surface area contributed by atoms with Gasteiger partial charge in [-0.2, -0.15) is 4.98 Å². The SMILES string of the molecule is O=C1c2c(O)c(=O)nc(C3CCCN3C(=O)CSc3ccccc3Cl)n2CCN1CCOc1ccccc1. The molecule has 1 N–H and O–H groups in total. The van der Waals surface area contributed by atoms with Crippen LogP contribution in [-0.4, -0.2) is 68.3 Å². The van der Waals surface area contributed by atoms with Crippen LogP contribution in [0.2, 0.25) is 5.02 Å². The van der Waals surface area contributed by atoms with Crippen molar-refractivity contribution < 1.29 is 19.4 Å². The van der Waals surface area contributed by atoms with Crippen LogP contribution >= 0.6 is 23.4 Å². The molecule has 2 aromatic carbocycles. The lowest BCUT2D eigenvalue weighted by Crippen LogP contribution is -2.46. The first-order valence-electron chi connectivity index (χ1n) is 12.4. The molecule has 3 aromatic rings. The zero-order chi connectivity index (χ0) is 26.6. The van der Waals surface area contributed by atoms with Crippen molar-refractivity contribution in [1.82, 2.24) is 19.4 Å². The highest BCUT2D eigenvalue weighted by molar-refractivity contribution is 8.00. The average molecular weight is 555 g/mol. The summed E-state index contributed by atoms with van der Waals surface area (Å²) in [5.74, 6) is -0.0138. The first-order valence-corrected chi connectivity index (χ1v) is 13.8. The zero-order valence-electron chi connectivity index (χ0n) is 20.6. The third-order valence-electron chi connectivity index (χ3n) is 6.70. The van der Waals surface area contributed by atoms with E-state index < -0.39 is 23.3 Å². The van der Waals surface area contributed by atoms with Gasteiger partial charge in [-0.3, -0.25) is 14.4 Å². The third-order valence-corrected chi connectivity index (χ3v) is 8.20. The summed E-state index contributed by atoms with van der Waals surface area (Å²) >= 11 is 7.59. The minimum absolute atomic E-state index is 0.0873. The maximum atomic E-state index is 13.3. The van der Waals surface area contributed by atoms with Crippen LogP contribution in [0.4, 0.5) is 0 Å². The van der Waals surface area contributed by atoms with E-state index in [4.69, 9.17) is 16.3 Å². The van der Waals surface area contributed by atoms with Crippen LogP contribution < -0.4 is 10.3 Å². The lowest BCUT2D eigenvalue weighted by atomic mass is 10.1. The first kappa shape index (κ1) is 26.1. The summed E-state index contributed by atoms with van der Waals surface area (Å²) in [6.07, 6.45) is 1.36. The molecular weight excluding hydrogens is 528 g/mol. The Kier molecular flexibility index (Phi) is 7.90. The molecule has 9 nitrogen and oxygen atoms in total. The second-order valence-electron chi connectivity index (χ2n) is 9.04. The summed E-state index contributed by atoms with van der Waals surface area (Å²) in [5, 5.41) is 11.1. The molecule has 38 heavy (non-hydrogen) atoms. The van der Waals surface area contributed by atoms with Crippen LogP contribution in [0, 0.1) is 0 Å². The normalized spacial score (nSPS) is 17.0. The Hall–Kier alpha value is -3.50. The van der Waals surface area contributed by atoms with Gasteiger partial charge in [0.05, 0.1) is 23.4 Å². The molecule has 1 saturated heterocycles. The van der Waals surface area contributed by atoms with E-state index in [-0.39, 0.29) is 24.0 Å². The molecule has 3 heterocycles. The van der Waals surface area contributed by atoms with Crippen molar-refractivity contribution in [3.8, 4) is 11.5 Å². The number of para-hydroxylation sites is 1. The van der Waals surface area contributed by atoms with Crippen molar-refractivity contribution in [2.24, 2.45) is 0 Å². The summed E-state index contributed by atoms with van der Waals surface area (Å²) in [7, 11) is 0. The van der Waals surface area contributed by atoms with Crippen molar-refractivity contribution in [3.05, 3.63) is 81.5 Å². The van der Waals surface area contributed by atoms with Gasteiger partial charge in [-0.05, 0) is 37.1 Å². The summed E-state index contributed by atoms with van der Waals surface area (Å²) in [6.45, 7) is 1.80. The minimum Gasteiger partial charge on any atom is -0.501 e. The minimum atomic E-state index is -0.869. The first-order chi connectivity index (χ1) is 18.4. The molecule has 198 valence electrons. The largest absolute Gasteiger partial charge is 0.501 e. The van der Waals surface area contributed by atoms with Gasteiger partial charge < -0.3 is 24.2 Å². The van der Waals surface area contributed by atoms with E-state index in [9.17, 15) is 19.5 Å². The molecule has 1 fully saturated rings. The number of carbonyl (C=O) groups excluding carboxylic acids is 2. The Morgan fingerprint density at radius 3 is 2.63 bits per heavy atom. The Morgan fingerprint density at radius 2 is 1.84 bits per heavy atom. The van der Waals surface area contributed by atoms with Gasteiger partial charge in [0.1, 0.15) is 18.2 Å². The molecule has 1 unspecified atom stereocenters. The molecule has 0 spiro atoms. The Labute approximate surface area is 229 Å². The molecular formula is C27H27ClN4O5S. The van der Waals surface area contributed by atoms with E-state index in [0.717, 1.165) is 11.3 Å². The number of aromatic hydroxyl groups is 1. The van der Waals surface area contributed by atoms with Gasteiger partial charge in [0, 0.05) is 24.5 Å². The van der Waals surface area contributed by atoms with E-state index in [1.165, 1.54) is 11.8 Å². The number of fused-ring (bicyclic) bond motifs is 1. The maximum absolute atomic E-state index is 13.3.